The second kappa shape index (κ2) is 5.28. The molecule has 2 unspecified atom stereocenters. The fourth-order valence-electron chi connectivity index (χ4n) is 2.69. The van der Waals surface area contributed by atoms with E-state index in [1.807, 2.05) is 18.2 Å². The molecule has 0 aliphatic carbocycles. The molecular formula is C14H19N3O2. The number of carbonyl (C=O) groups is 1. The van der Waals surface area contributed by atoms with Gasteiger partial charge in [-0.1, -0.05) is 12.1 Å². The van der Waals surface area contributed by atoms with Gasteiger partial charge in [0.05, 0.1) is 19.6 Å². The van der Waals surface area contributed by atoms with E-state index in [0.717, 1.165) is 43.0 Å². The summed E-state index contributed by atoms with van der Waals surface area (Å²) in [7, 11) is 0. The van der Waals surface area contributed by atoms with Crippen LogP contribution >= 0.6 is 0 Å². The summed E-state index contributed by atoms with van der Waals surface area (Å²) in [4.78, 5) is 11.3. The number of hydrogen-bond acceptors (Lipinski definition) is 4. The fourth-order valence-corrected chi connectivity index (χ4v) is 2.69. The zero-order valence-corrected chi connectivity index (χ0v) is 10.8. The van der Waals surface area contributed by atoms with Crippen molar-refractivity contribution in [2.24, 2.45) is 5.73 Å². The highest BCUT2D eigenvalue weighted by Gasteiger charge is 2.21. The van der Waals surface area contributed by atoms with Crippen molar-refractivity contribution in [2.75, 3.05) is 25.1 Å². The van der Waals surface area contributed by atoms with Gasteiger partial charge in [-0.2, -0.15) is 0 Å². The van der Waals surface area contributed by atoms with Crippen molar-refractivity contribution in [3.8, 4) is 0 Å². The van der Waals surface area contributed by atoms with Crippen LogP contribution in [0.15, 0.2) is 18.2 Å². The number of amides is 1. The Labute approximate surface area is 112 Å². The molecule has 1 aromatic carbocycles. The molecule has 2 heterocycles. The summed E-state index contributed by atoms with van der Waals surface area (Å²) in [5.74, 6) is 0.0584. The number of ether oxygens (including phenoxy) is 1. The number of morpholine rings is 1. The standard InChI is InChI=1S/C14H19N3O2/c15-12(7-11-8-19-4-3-16-11)9-1-2-13-10(5-9)6-14(18)17-13/h1-2,5,11-12,16H,3-4,6-8,15H2,(H,17,18). The van der Waals surface area contributed by atoms with Gasteiger partial charge in [0, 0.05) is 24.3 Å². The summed E-state index contributed by atoms with van der Waals surface area (Å²) >= 11 is 0. The minimum Gasteiger partial charge on any atom is -0.379 e. The predicted octanol–water partition coefficient (Wildman–Crippen LogP) is 0.559. The Morgan fingerprint density at radius 3 is 3.16 bits per heavy atom. The lowest BCUT2D eigenvalue weighted by atomic mass is 9.97. The summed E-state index contributed by atoms with van der Waals surface area (Å²) in [5, 5.41) is 6.24. The van der Waals surface area contributed by atoms with Crippen molar-refractivity contribution in [1.82, 2.24) is 5.32 Å². The highest BCUT2D eigenvalue weighted by Crippen LogP contribution is 2.27. The average Bonchev–Trinajstić information content (AvgIpc) is 2.78. The van der Waals surface area contributed by atoms with Crippen LogP contribution in [0, 0.1) is 0 Å². The Bertz CT molecular complexity index is 484. The molecule has 1 fully saturated rings. The molecule has 1 aromatic rings. The first-order chi connectivity index (χ1) is 9.22. The van der Waals surface area contributed by atoms with E-state index in [4.69, 9.17) is 10.5 Å². The van der Waals surface area contributed by atoms with Crippen molar-refractivity contribution in [1.29, 1.82) is 0 Å². The second-order valence-electron chi connectivity index (χ2n) is 5.21. The van der Waals surface area contributed by atoms with E-state index in [1.165, 1.54) is 0 Å². The third kappa shape index (κ3) is 2.78. The molecule has 2 aliphatic heterocycles. The van der Waals surface area contributed by atoms with Crippen LogP contribution in [0.25, 0.3) is 0 Å². The van der Waals surface area contributed by atoms with E-state index in [2.05, 4.69) is 10.6 Å². The third-order valence-electron chi connectivity index (χ3n) is 3.72. The minimum absolute atomic E-state index is 0.0276. The first kappa shape index (κ1) is 12.6. The minimum atomic E-state index is -0.0276. The van der Waals surface area contributed by atoms with Gasteiger partial charge >= 0.3 is 0 Å². The maximum Gasteiger partial charge on any atom is 0.228 e. The molecule has 19 heavy (non-hydrogen) atoms. The Hall–Kier alpha value is -1.43. The molecule has 5 heteroatoms. The normalized spacial score (nSPS) is 23.8. The number of nitrogens with one attached hydrogen (secondary N) is 2. The summed E-state index contributed by atoms with van der Waals surface area (Å²) in [5.41, 5.74) is 9.30. The molecule has 5 nitrogen and oxygen atoms in total. The van der Waals surface area contributed by atoms with Gasteiger partial charge in [0.1, 0.15) is 0 Å². The van der Waals surface area contributed by atoms with Crippen LogP contribution in [0.5, 0.6) is 0 Å². The number of nitrogens with two attached hydrogens (primary N) is 1. The summed E-state index contributed by atoms with van der Waals surface area (Å²) in [6, 6.07) is 6.28. The predicted molar refractivity (Wildman–Crippen MR) is 72.9 cm³/mol. The maximum atomic E-state index is 11.3. The molecule has 0 saturated carbocycles. The number of carbonyl (C=O) groups excluding carboxylic acids is 1. The number of rotatable bonds is 3. The van der Waals surface area contributed by atoms with E-state index >= 15 is 0 Å². The van der Waals surface area contributed by atoms with Gasteiger partial charge in [0.2, 0.25) is 5.91 Å². The number of fused-ring (bicyclic) bond motifs is 1. The molecule has 0 aromatic heterocycles. The van der Waals surface area contributed by atoms with Crippen LogP contribution in [0.3, 0.4) is 0 Å². The summed E-state index contributed by atoms with van der Waals surface area (Å²) in [6.07, 6.45) is 1.31. The lowest BCUT2D eigenvalue weighted by Gasteiger charge is -2.26. The van der Waals surface area contributed by atoms with Crippen molar-refractivity contribution in [3.05, 3.63) is 29.3 Å². The van der Waals surface area contributed by atoms with Gasteiger partial charge < -0.3 is 21.1 Å². The van der Waals surface area contributed by atoms with Crippen molar-refractivity contribution < 1.29 is 9.53 Å². The molecule has 0 spiro atoms. The third-order valence-corrected chi connectivity index (χ3v) is 3.72. The second-order valence-corrected chi connectivity index (χ2v) is 5.21. The smallest absolute Gasteiger partial charge is 0.228 e. The Kier molecular flexibility index (Phi) is 3.50. The van der Waals surface area contributed by atoms with Gasteiger partial charge in [-0.05, 0) is 23.6 Å². The van der Waals surface area contributed by atoms with E-state index in [0.29, 0.717) is 12.5 Å². The van der Waals surface area contributed by atoms with Crippen LogP contribution in [0.2, 0.25) is 0 Å². The number of anilines is 1. The Morgan fingerprint density at radius 1 is 1.47 bits per heavy atom. The highest BCUT2D eigenvalue weighted by atomic mass is 16.5. The van der Waals surface area contributed by atoms with Crippen LogP contribution in [-0.4, -0.2) is 31.7 Å². The molecule has 102 valence electrons. The molecule has 0 radical (unpaired) electrons. The Morgan fingerprint density at radius 2 is 2.37 bits per heavy atom. The topological polar surface area (TPSA) is 76.4 Å². The lowest BCUT2D eigenvalue weighted by Crippen LogP contribution is -2.42. The van der Waals surface area contributed by atoms with E-state index in [1.54, 1.807) is 0 Å². The Balaban J connectivity index is 1.68. The molecule has 2 atom stereocenters. The van der Waals surface area contributed by atoms with Gasteiger partial charge in [-0.25, -0.2) is 0 Å². The van der Waals surface area contributed by atoms with Gasteiger partial charge in [-0.3, -0.25) is 4.79 Å². The van der Waals surface area contributed by atoms with Crippen LogP contribution in [0.1, 0.15) is 23.6 Å². The fraction of sp³-hybridized carbons (Fsp3) is 0.500. The first-order valence-electron chi connectivity index (χ1n) is 6.72. The van der Waals surface area contributed by atoms with Gasteiger partial charge in [0.25, 0.3) is 0 Å². The molecule has 0 bridgehead atoms. The van der Waals surface area contributed by atoms with Crippen molar-refractivity contribution in [3.63, 3.8) is 0 Å². The molecule has 1 amide bonds. The zero-order chi connectivity index (χ0) is 13.2. The summed E-state index contributed by atoms with van der Waals surface area (Å²) < 4.78 is 5.43. The molecule has 3 rings (SSSR count). The highest BCUT2D eigenvalue weighted by molar-refractivity contribution is 5.99. The van der Waals surface area contributed by atoms with Gasteiger partial charge in [0.15, 0.2) is 0 Å². The van der Waals surface area contributed by atoms with E-state index in [9.17, 15) is 4.79 Å². The largest absolute Gasteiger partial charge is 0.379 e. The van der Waals surface area contributed by atoms with E-state index < -0.39 is 0 Å². The van der Waals surface area contributed by atoms with Crippen molar-refractivity contribution >= 4 is 11.6 Å². The SMILES string of the molecule is NC(CC1COCCN1)c1ccc2c(c1)CC(=O)N2. The first-order valence-corrected chi connectivity index (χ1v) is 6.72. The quantitative estimate of drug-likeness (QED) is 0.743. The molecule has 2 aliphatic rings. The average molecular weight is 261 g/mol. The number of benzene rings is 1. The van der Waals surface area contributed by atoms with Crippen LogP contribution < -0.4 is 16.4 Å². The number of hydrogen-bond donors (Lipinski definition) is 3. The van der Waals surface area contributed by atoms with Crippen LogP contribution in [-0.2, 0) is 16.0 Å². The summed E-state index contributed by atoms with van der Waals surface area (Å²) in [6.45, 7) is 2.39. The van der Waals surface area contributed by atoms with Crippen LogP contribution in [0.4, 0.5) is 5.69 Å². The molecule has 1 saturated heterocycles. The van der Waals surface area contributed by atoms with Crippen molar-refractivity contribution in [2.45, 2.75) is 24.9 Å². The maximum absolute atomic E-state index is 11.3. The lowest BCUT2D eigenvalue weighted by molar-refractivity contribution is -0.115. The molecule has 4 N–H and O–H groups in total. The van der Waals surface area contributed by atoms with E-state index in [-0.39, 0.29) is 11.9 Å². The monoisotopic (exact) mass is 261 g/mol. The van der Waals surface area contributed by atoms with Gasteiger partial charge in [-0.15, -0.1) is 0 Å². The molecular weight excluding hydrogens is 242 g/mol. The zero-order valence-electron chi connectivity index (χ0n) is 10.8.